The van der Waals surface area contributed by atoms with E-state index in [9.17, 15) is 28.5 Å². The lowest BCUT2D eigenvalue weighted by Gasteiger charge is -2.22. The number of hydrogen-bond acceptors (Lipinski definition) is 10. The summed E-state index contributed by atoms with van der Waals surface area (Å²) in [6.07, 6.45) is -4.63. The Kier molecular flexibility index (Phi) is 7.66. The van der Waals surface area contributed by atoms with Crippen molar-refractivity contribution >= 4 is 33.3 Å². The number of halogens is 3. The van der Waals surface area contributed by atoms with E-state index < -0.39 is 41.9 Å². The van der Waals surface area contributed by atoms with Gasteiger partial charge in [0.2, 0.25) is 5.95 Å². The van der Waals surface area contributed by atoms with Gasteiger partial charge in [-0.25, -0.2) is 9.97 Å². The molecule has 1 saturated carbocycles. The van der Waals surface area contributed by atoms with Crippen molar-refractivity contribution in [3.8, 4) is 10.6 Å². The van der Waals surface area contributed by atoms with Gasteiger partial charge in [-0.1, -0.05) is 12.1 Å². The normalized spacial score (nSPS) is 22.0. The first-order chi connectivity index (χ1) is 19.0. The molecule has 0 radical (unpaired) electrons. The fourth-order valence-corrected chi connectivity index (χ4v) is 6.06. The van der Waals surface area contributed by atoms with Crippen LogP contribution in [0.25, 0.3) is 20.8 Å². The summed E-state index contributed by atoms with van der Waals surface area (Å²) in [4.78, 5) is 18.4. The number of nitrogens with zero attached hydrogens (tertiary/aromatic N) is 4. The van der Waals surface area contributed by atoms with Crippen LogP contribution in [0.2, 0.25) is 0 Å². The van der Waals surface area contributed by atoms with Gasteiger partial charge < -0.3 is 26.0 Å². The summed E-state index contributed by atoms with van der Waals surface area (Å²) in [5.74, 6) is 0.100. The first-order valence-corrected chi connectivity index (χ1v) is 13.6. The van der Waals surface area contributed by atoms with Crippen molar-refractivity contribution in [2.75, 3.05) is 17.2 Å². The number of aromatic nitrogens is 4. The van der Waals surface area contributed by atoms with E-state index in [0.29, 0.717) is 34.1 Å². The minimum Gasteiger partial charge on any atom is -0.396 e. The standard InChI is InChI=1S/C27H29F3N6O3S/c1-12(15-4-6-17(7-5-15)27(28,29)30)32-26-33-13(2)20(25-35-21-14(3)31-9-8-19(21)40-25)24(36-26)34-18-10-16(11-37)22(38)23(18)39/h4-9,12,16,18,22-23,37-39H,10-11H2,1-3H3,(H2,32,33,34,36)/t12-,16-,18-,22-,23+/m1/s1. The Balaban J connectivity index is 1.51. The average molecular weight is 575 g/mol. The Morgan fingerprint density at radius 3 is 2.38 bits per heavy atom. The number of nitrogens with one attached hydrogen (secondary N) is 2. The molecule has 0 bridgehead atoms. The maximum atomic E-state index is 13.0. The quantitative estimate of drug-likeness (QED) is 0.217. The van der Waals surface area contributed by atoms with Crippen LogP contribution in [0.3, 0.4) is 0 Å². The molecule has 212 valence electrons. The van der Waals surface area contributed by atoms with Crippen molar-refractivity contribution in [1.29, 1.82) is 0 Å². The molecule has 5 atom stereocenters. The molecule has 0 amide bonds. The maximum Gasteiger partial charge on any atom is 0.416 e. The molecule has 0 saturated heterocycles. The smallest absolute Gasteiger partial charge is 0.396 e. The molecule has 40 heavy (non-hydrogen) atoms. The number of benzene rings is 1. The monoisotopic (exact) mass is 574 g/mol. The molecule has 5 rings (SSSR count). The molecular weight excluding hydrogens is 545 g/mol. The zero-order valence-electron chi connectivity index (χ0n) is 21.9. The lowest BCUT2D eigenvalue weighted by molar-refractivity contribution is -0.137. The number of alkyl halides is 3. The van der Waals surface area contributed by atoms with Crippen LogP contribution in [0.4, 0.5) is 24.9 Å². The highest BCUT2D eigenvalue weighted by atomic mass is 32.1. The lowest BCUT2D eigenvalue weighted by atomic mass is 10.1. The van der Waals surface area contributed by atoms with E-state index >= 15 is 0 Å². The largest absolute Gasteiger partial charge is 0.416 e. The van der Waals surface area contributed by atoms with Crippen LogP contribution in [-0.2, 0) is 6.18 Å². The third kappa shape index (κ3) is 5.46. The van der Waals surface area contributed by atoms with E-state index in [1.54, 1.807) is 20.0 Å². The highest BCUT2D eigenvalue weighted by Gasteiger charge is 2.41. The number of thiazole rings is 1. The molecule has 0 aliphatic heterocycles. The predicted molar refractivity (Wildman–Crippen MR) is 146 cm³/mol. The Morgan fingerprint density at radius 1 is 1.02 bits per heavy atom. The summed E-state index contributed by atoms with van der Waals surface area (Å²) in [5, 5.41) is 37.7. The van der Waals surface area contributed by atoms with Crippen molar-refractivity contribution < 1.29 is 28.5 Å². The van der Waals surface area contributed by atoms with E-state index in [4.69, 9.17) is 4.98 Å². The van der Waals surface area contributed by atoms with Gasteiger partial charge in [0.1, 0.15) is 22.4 Å². The summed E-state index contributed by atoms with van der Waals surface area (Å²) >= 11 is 1.44. The number of pyridine rings is 1. The molecule has 9 nitrogen and oxygen atoms in total. The zero-order chi connectivity index (χ0) is 28.8. The van der Waals surface area contributed by atoms with Crippen molar-refractivity contribution in [3.63, 3.8) is 0 Å². The molecule has 1 aliphatic carbocycles. The van der Waals surface area contributed by atoms with Crippen LogP contribution in [0.1, 0.15) is 41.9 Å². The second-order valence-electron chi connectivity index (χ2n) is 10.0. The van der Waals surface area contributed by atoms with Gasteiger partial charge in [-0.3, -0.25) is 4.98 Å². The summed E-state index contributed by atoms with van der Waals surface area (Å²) < 4.78 is 39.9. The van der Waals surface area contributed by atoms with E-state index in [2.05, 4.69) is 25.6 Å². The van der Waals surface area contributed by atoms with Gasteiger partial charge >= 0.3 is 6.18 Å². The van der Waals surface area contributed by atoms with Crippen molar-refractivity contribution in [2.45, 2.75) is 57.7 Å². The summed E-state index contributed by atoms with van der Waals surface area (Å²) in [5.41, 5.74) is 2.60. The Hall–Kier alpha value is -3.39. The van der Waals surface area contributed by atoms with E-state index in [1.807, 2.05) is 13.0 Å². The van der Waals surface area contributed by atoms with Crippen LogP contribution in [-0.4, -0.2) is 60.1 Å². The predicted octanol–water partition coefficient (Wildman–Crippen LogP) is 4.47. The fourth-order valence-electron chi connectivity index (χ4n) is 4.95. The van der Waals surface area contributed by atoms with Gasteiger partial charge in [-0.2, -0.15) is 18.2 Å². The number of hydrogen-bond donors (Lipinski definition) is 5. The van der Waals surface area contributed by atoms with Gasteiger partial charge in [0.25, 0.3) is 0 Å². The zero-order valence-corrected chi connectivity index (χ0v) is 22.8. The Labute approximate surface area is 232 Å². The number of rotatable bonds is 7. The highest BCUT2D eigenvalue weighted by Crippen LogP contribution is 2.39. The van der Waals surface area contributed by atoms with Crippen molar-refractivity contribution in [2.24, 2.45) is 5.92 Å². The Bertz CT molecular complexity index is 1510. The molecule has 3 aromatic heterocycles. The second kappa shape index (κ2) is 10.9. The fraction of sp³-hybridized carbons (Fsp3) is 0.407. The van der Waals surface area contributed by atoms with Crippen molar-refractivity contribution in [3.05, 3.63) is 59.0 Å². The minimum atomic E-state index is -4.42. The summed E-state index contributed by atoms with van der Waals surface area (Å²) in [7, 11) is 0. The number of anilines is 2. The minimum absolute atomic E-state index is 0.224. The molecule has 3 heterocycles. The van der Waals surface area contributed by atoms with Crippen molar-refractivity contribution in [1.82, 2.24) is 19.9 Å². The van der Waals surface area contributed by atoms with Crippen LogP contribution in [0.5, 0.6) is 0 Å². The van der Waals surface area contributed by atoms with E-state index in [0.717, 1.165) is 28.0 Å². The molecule has 5 N–H and O–H groups in total. The first-order valence-electron chi connectivity index (χ1n) is 12.7. The molecule has 1 aliphatic rings. The summed E-state index contributed by atoms with van der Waals surface area (Å²) in [6.45, 7) is 5.18. The molecule has 4 aromatic rings. The number of fused-ring (bicyclic) bond motifs is 1. The maximum absolute atomic E-state index is 13.0. The van der Waals surface area contributed by atoms with Gasteiger partial charge in [0.15, 0.2) is 0 Å². The Morgan fingerprint density at radius 2 is 1.75 bits per heavy atom. The molecule has 13 heteroatoms. The molecule has 0 spiro atoms. The van der Waals surface area contributed by atoms with E-state index in [1.165, 1.54) is 23.5 Å². The first kappa shape index (κ1) is 28.1. The third-order valence-electron chi connectivity index (χ3n) is 7.24. The number of aliphatic hydroxyl groups excluding tert-OH is 3. The molecule has 1 aromatic carbocycles. The van der Waals surface area contributed by atoms with Gasteiger partial charge in [0, 0.05) is 18.7 Å². The molecule has 1 fully saturated rings. The number of aliphatic hydroxyl groups is 3. The van der Waals surface area contributed by atoms with Crippen LogP contribution >= 0.6 is 11.3 Å². The van der Waals surface area contributed by atoms with Gasteiger partial charge in [-0.05, 0) is 51.0 Å². The van der Waals surface area contributed by atoms with Crippen LogP contribution < -0.4 is 10.6 Å². The van der Waals surface area contributed by atoms with E-state index in [-0.39, 0.29) is 12.6 Å². The molecular formula is C27H29F3N6O3S. The van der Waals surface area contributed by atoms with Crippen LogP contribution in [0.15, 0.2) is 36.5 Å². The second-order valence-corrected chi connectivity index (χ2v) is 11.0. The third-order valence-corrected chi connectivity index (χ3v) is 8.27. The lowest BCUT2D eigenvalue weighted by Crippen LogP contribution is -2.35. The highest BCUT2D eigenvalue weighted by molar-refractivity contribution is 7.21. The SMILES string of the molecule is Cc1nc(N[C@H](C)c2ccc(C(F)(F)F)cc2)nc(N[C@@H]2C[C@H](CO)[C@@H](O)[C@H]2O)c1-c1nc2c(C)nccc2s1. The van der Waals surface area contributed by atoms with Gasteiger partial charge in [-0.15, -0.1) is 11.3 Å². The number of aryl methyl sites for hydroxylation is 2. The average Bonchev–Trinajstić information content (AvgIpc) is 3.45. The topological polar surface area (TPSA) is 136 Å². The molecule has 0 unspecified atom stereocenters. The summed E-state index contributed by atoms with van der Waals surface area (Å²) in [6, 6.07) is 5.73. The van der Waals surface area contributed by atoms with Gasteiger partial charge in [0.05, 0.1) is 45.4 Å². The van der Waals surface area contributed by atoms with Crippen LogP contribution in [0, 0.1) is 19.8 Å².